The Balaban J connectivity index is 1.25. The van der Waals surface area contributed by atoms with Gasteiger partial charge in [-0.3, -0.25) is 4.90 Å². The van der Waals surface area contributed by atoms with Gasteiger partial charge in [0.05, 0.1) is 0 Å². The molecular formula is C34H45F2N3O2. The molecule has 3 aromatic rings. The number of piperazine rings is 1. The smallest absolute Gasteiger partial charge is 0.178 e. The number of aliphatic hydroxyl groups excluding tert-OH is 1. The summed E-state index contributed by atoms with van der Waals surface area (Å²) in [6.45, 7) is 12.3. The van der Waals surface area contributed by atoms with Gasteiger partial charge in [0, 0.05) is 37.8 Å². The summed E-state index contributed by atoms with van der Waals surface area (Å²) in [6, 6.07) is 15.3. The Labute approximate surface area is 243 Å². The van der Waals surface area contributed by atoms with Crippen molar-refractivity contribution in [3.8, 4) is 5.75 Å². The Bertz CT molecular complexity index is 1210. The Kier molecular flexibility index (Phi) is 10.8. The standard InChI is InChI=1S/C34H45F2N3O2/c1-23-22-32(24(2)25(3)33(23)37)41-34(26(4)40)39-20-18-38(19-21-39)17-7-5-6-8-31(27-9-13-29(35)14-10-27)28-11-15-30(36)16-12-28/h9-16,22,26,31,34,40H,5-8,17-21,37H2,1-4H3. The largest absolute Gasteiger partial charge is 0.472 e. The number of nitrogen functional groups attached to an aromatic ring is 1. The molecule has 2 atom stereocenters. The Morgan fingerprint density at radius 3 is 1.93 bits per heavy atom. The molecule has 0 amide bonds. The van der Waals surface area contributed by atoms with E-state index in [1.165, 1.54) is 24.3 Å². The first kappa shape index (κ1) is 30.9. The van der Waals surface area contributed by atoms with Gasteiger partial charge < -0.3 is 20.5 Å². The van der Waals surface area contributed by atoms with Crippen molar-refractivity contribution in [2.24, 2.45) is 0 Å². The van der Waals surface area contributed by atoms with Gasteiger partial charge >= 0.3 is 0 Å². The van der Waals surface area contributed by atoms with Crippen LogP contribution in [-0.4, -0.2) is 60.0 Å². The Morgan fingerprint density at radius 1 is 0.829 bits per heavy atom. The molecule has 1 aliphatic heterocycles. The van der Waals surface area contributed by atoms with Crippen LogP contribution in [0.1, 0.15) is 66.3 Å². The van der Waals surface area contributed by atoms with Crippen molar-refractivity contribution in [3.05, 3.63) is 94.0 Å². The number of nitrogens with zero attached hydrogens (tertiary/aromatic N) is 2. The van der Waals surface area contributed by atoms with Gasteiger partial charge in [0.1, 0.15) is 23.5 Å². The average Bonchev–Trinajstić information content (AvgIpc) is 2.96. The number of hydrogen-bond acceptors (Lipinski definition) is 5. The number of rotatable bonds is 12. The first-order valence-electron chi connectivity index (χ1n) is 14.8. The minimum atomic E-state index is -0.630. The molecule has 0 saturated carbocycles. The lowest BCUT2D eigenvalue weighted by Gasteiger charge is -2.40. The summed E-state index contributed by atoms with van der Waals surface area (Å²) < 4.78 is 33.4. The second-order valence-electron chi connectivity index (χ2n) is 11.5. The molecule has 1 heterocycles. The van der Waals surface area contributed by atoms with Crippen molar-refractivity contribution in [1.29, 1.82) is 0 Å². The average molecular weight is 566 g/mol. The van der Waals surface area contributed by atoms with Gasteiger partial charge in [0.2, 0.25) is 0 Å². The lowest BCUT2D eigenvalue weighted by atomic mass is 9.87. The van der Waals surface area contributed by atoms with Crippen LogP contribution >= 0.6 is 0 Å². The van der Waals surface area contributed by atoms with Crippen molar-refractivity contribution < 1.29 is 18.6 Å². The summed E-state index contributed by atoms with van der Waals surface area (Å²) in [5.41, 5.74) is 12.1. The number of anilines is 1. The molecule has 7 heteroatoms. The van der Waals surface area contributed by atoms with Gasteiger partial charge in [-0.1, -0.05) is 37.1 Å². The van der Waals surface area contributed by atoms with E-state index >= 15 is 0 Å². The first-order chi connectivity index (χ1) is 19.6. The van der Waals surface area contributed by atoms with Crippen molar-refractivity contribution in [2.45, 2.75) is 71.6 Å². The first-order valence-corrected chi connectivity index (χ1v) is 14.8. The van der Waals surface area contributed by atoms with Crippen LogP contribution in [0, 0.1) is 32.4 Å². The topological polar surface area (TPSA) is 62.0 Å². The fourth-order valence-electron chi connectivity index (χ4n) is 5.81. The predicted octanol–water partition coefficient (Wildman–Crippen LogP) is 6.57. The monoisotopic (exact) mass is 565 g/mol. The quantitative estimate of drug-likeness (QED) is 0.192. The van der Waals surface area contributed by atoms with E-state index in [0.29, 0.717) is 0 Å². The van der Waals surface area contributed by atoms with Gasteiger partial charge in [0.25, 0.3) is 0 Å². The van der Waals surface area contributed by atoms with E-state index in [2.05, 4.69) is 9.80 Å². The van der Waals surface area contributed by atoms with Gasteiger partial charge in [-0.25, -0.2) is 8.78 Å². The lowest BCUT2D eigenvalue weighted by molar-refractivity contribution is -0.0748. The second-order valence-corrected chi connectivity index (χ2v) is 11.5. The highest BCUT2D eigenvalue weighted by Crippen LogP contribution is 2.32. The van der Waals surface area contributed by atoms with Crippen LogP contribution in [-0.2, 0) is 0 Å². The molecule has 2 unspecified atom stereocenters. The van der Waals surface area contributed by atoms with Crippen molar-refractivity contribution in [3.63, 3.8) is 0 Å². The van der Waals surface area contributed by atoms with Gasteiger partial charge in [-0.15, -0.1) is 0 Å². The molecule has 1 saturated heterocycles. The van der Waals surface area contributed by atoms with E-state index in [9.17, 15) is 13.9 Å². The maximum absolute atomic E-state index is 13.5. The van der Waals surface area contributed by atoms with Gasteiger partial charge in [0.15, 0.2) is 6.23 Å². The number of ether oxygens (including phenoxy) is 1. The van der Waals surface area contributed by atoms with E-state index in [-0.39, 0.29) is 17.6 Å². The van der Waals surface area contributed by atoms with Crippen LogP contribution in [0.5, 0.6) is 5.75 Å². The highest BCUT2D eigenvalue weighted by Gasteiger charge is 2.29. The minimum Gasteiger partial charge on any atom is -0.472 e. The summed E-state index contributed by atoms with van der Waals surface area (Å²) in [7, 11) is 0. The Hall–Kier alpha value is -3.00. The molecule has 0 aliphatic carbocycles. The molecule has 1 fully saturated rings. The molecule has 0 aromatic heterocycles. The molecule has 0 spiro atoms. The molecule has 3 aromatic carbocycles. The van der Waals surface area contributed by atoms with E-state index in [4.69, 9.17) is 10.5 Å². The number of unbranched alkanes of at least 4 members (excludes halogenated alkanes) is 2. The Morgan fingerprint density at radius 2 is 1.39 bits per heavy atom. The van der Waals surface area contributed by atoms with Crippen LogP contribution in [0.4, 0.5) is 14.5 Å². The summed E-state index contributed by atoms with van der Waals surface area (Å²) in [5, 5.41) is 10.6. The van der Waals surface area contributed by atoms with Crippen LogP contribution in [0.3, 0.4) is 0 Å². The number of nitrogens with two attached hydrogens (primary N) is 1. The lowest BCUT2D eigenvalue weighted by Crippen LogP contribution is -2.55. The van der Waals surface area contributed by atoms with Crippen molar-refractivity contribution in [1.82, 2.24) is 9.80 Å². The van der Waals surface area contributed by atoms with E-state index in [0.717, 1.165) is 97.7 Å². The van der Waals surface area contributed by atoms with Crippen LogP contribution < -0.4 is 10.5 Å². The van der Waals surface area contributed by atoms with Crippen molar-refractivity contribution >= 4 is 5.69 Å². The number of aliphatic hydroxyl groups is 1. The molecule has 0 bridgehead atoms. The fourth-order valence-corrected chi connectivity index (χ4v) is 5.81. The van der Waals surface area contributed by atoms with Crippen LogP contribution in [0.25, 0.3) is 0 Å². The van der Waals surface area contributed by atoms with Gasteiger partial charge in [-0.05, 0) is 105 Å². The molecule has 222 valence electrons. The highest BCUT2D eigenvalue weighted by atomic mass is 19.1. The van der Waals surface area contributed by atoms with Gasteiger partial charge in [-0.2, -0.15) is 0 Å². The minimum absolute atomic E-state index is 0.120. The zero-order chi connectivity index (χ0) is 29.5. The molecule has 41 heavy (non-hydrogen) atoms. The van der Waals surface area contributed by atoms with Crippen molar-refractivity contribution in [2.75, 3.05) is 38.5 Å². The number of hydrogen-bond donors (Lipinski definition) is 2. The number of benzene rings is 3. The normalized spacial score (nSPS) is 16.2. The predicted molar refractivity (Wildman–Crippen MR) is 162 cm³/mol. The zero-order valence-electron chi connectivity index (χ0n) is 24.9. The van der Waals surface area contributed by atoms with Crippen LogP contribution in [0.15, 0.2) is 54.6 Å². The maximum Gasteiger partial charge on any atom is 0.178 e. The zero-order valence-corrected chi connectivity index (χ0v) is 24.9. The summed E-state index contributed by atoms with van der Waals surface area (Å²) in [5.74, 6) is 0.406. The van der Waals surface area contributed by atoms with Crippen LogP contribution in [0.2, 0.25) is 0 Å². The molecule has 5 nitrogen and oxygen atoms in total. The van der Waals surface area contributed by atoms with E-state index < -0.39 is 12.3 Å². The maximum atomic E-state index is 13.5. The molecule has 4 rings (SSSR count). The summed E-state index contributed by atoms with van der Waals surface area (Å²) in [4.78, 5) is 4.72. The number of aryl methyl sites for hydroxylation is 1. The SMILES string of the molecule is Cc1cc(OC(C(C)O)N2CCN(CCCCCC(c3ccc(F)cc3)c3ccc(F)cc3)CC2)c(C)c(C)c1N. The highest BCUT2D eigenvalue weighted by molar-refractivity contribution is 5.60. The molecule has 3 N–H and O–H groups in total. The second kappa shape index (κ2) is 14.3. The third-order valence-electron chi connectivity index (χ3n) is 8.55. The molecule has 1 aliphatic rings. The summed E-state index contributed by atoms with van der Waals surface area (Å²) in [6.07, 6.45) is 3.12. The third kappa shape index (κ3) is 8.06. The molecular weight excluding hydrogens is 520 g/mol. The molecule has 0 radical (unpaired) electrons. The summed E-state index contributed by atoms with van der Waals surface area (Å²) >= 11 is 0. The van der Waals surface area contributed by atoms with E-state index in [1.807, 2.05) is 51.1 Å². The number of halogens is 2. The van der Waals surface area contributed by atoms with E-state index in [1.54, 1.807) is 6.92 Å². The fraction of sp³-hybridized carbons (Fsp3) is 0.471. The third-order valence-corrected chi connectivity index (χ3v) is 8.55.